The zero-order chi connectivity index (χ0) is 18.0. The molecular formula is C17H16N2O4S2. The van der Waals surface area contributed by atoms with Crippen molar-refractivity contribution in [1.82, 2.24) is 4.98 Å². The number of nitrogens with two attached hydrogens (primary N) is 1. The van der Waals surface area contributed by atoms with Crippen molar-refractivity contribution in [2.24, 2.45) is 5.73 Å². The van der Waals surface area contributed by atoms with Gasteiger partial charge in [-0.3, -0.25) is 9.59 Å². The third kappa shape index (κ3) is 3.64. The topological polar surface area (TPSA) is 105 Å². The highest BCUT2D eigenvalue weighted by atomic mass is 32.2. The number of methoxy groups -OCH3 is 1. The number of pyridine rings is 1. The smallest absolute Gasteiger partial charge is 0.252 e. The van der Waals surface area contributed by atoms with Crippen molar-refractivity contribution in [2.75, 3.05) is 12.9 Å². The van der Waals surface area contributed by atoms with Gasteiger partial charge in [0, 0.05) is 11.8 Å². The average molecular weight is 376 g/mol. The highest BCUT2D eigenvalue weighted by Crippen LogP contribution is 2.40. The number of primary amides is 1. The Bertz CT molecular complexity index is 977. The number of H-pyrrole nitrogens is 1. The van der Waals surface area contributed by atoms with Crippen molar-refractivity contribution in [2.45, 2.75) is 10.6 Å². The number of amides is 1. The third-order valence-corrected chi connectivity index (χ3v) is 6.14. The van der Waals surface area contributed by atoms with E-state index in [9.17, 15) is 14.7 Å². The number of rotatable bonds is 6. The summed E-state index contributed by atoms with van der Waals surface area (Å²) in [5, 5.41) is 9.94. The molecule has 0 bridgehead atoms. The van der Waals surface area contributed by atoms with Gasteiger partial charge in [0.05, 0.1) is 27.1 Å². The fourth-order valence-corrected chi connectivity index (χ4v) is 4.95. The van der Waals surface area contributed by atoms with Gasteiger partial charge < -0.3 is 20.6 Å². The monoisotopic (exact) mass is 376 g/mol. The molecule has 4 N–H and O–H groups in total. The van der Waals surface area contributed by atoms with Crippen LogP contribution in [0.3, 0.4) is 0 Å². The summed E-state index contributed by atoms with van der Waals surface area (Å²) in [6.07, 6.45) is 0.795. The normalized spacial score (nSPS) is 10.9. The maximum Gasteiger partial charge on any atom is 0.252 e. The number of carbonyl (C=O) groups excluding carboxylic acids is 1. The van der Waals surface area contributed by atoms with E-state index in [4.69, 9.17) is 10.5 Å². The highest BCUT2D eigenvalue weighted by molar-refractivity contribution is 8.01. The van der Waals surface area contributed by atoms with E-state index in [0.717, 1.165) is 29.6 Å². The Morgan fingerprint density at radius 2 is 2.08 bits per heavy atom. The summed E-state index contributed by atoms with van der Waals surface area (Å²) in [6.45, 7) is 0. The van der Waals surface area contributed by atoms with E-state index in [2.05, 4.69) is 4.98 Å². The first-order valence-electron chi connectivity index (χ1n) is 7.44. The van der Waals surface area contributed by atoms with E-state index < -0.39 is 11.5 Å². The molecule has 0 aliphatic rings. The van der Waals surface area contributed by atoms with E-state index in [-0.39, 0.29) is 11.3 Å². The number of ether oxygens (including phenoxy) is 1. The molecule has 6 nitrogen and oxygen atoms in total. The van der Waals surface area contributed by atoms with E-state index in [0.29, 0.717) is 14.4 Å². The first kappa shape index (κ1) is 17.4. The largest absolute Gasteiger partial charge is 0.506 e. The van der Waals surface area contributed by atoms with Crippen molar-refractivity contribution in [3.8, 4) is 11.5 Å². The lowest BCUT2D eigenvalue weighted by Gasteiger charge is -2.04. The van der Waals surface area contributed by atoms with E-state index in [1.165, 1.54) is 23.1 Å². The van der Waals surface area contributed by atoms with Crippen molar-refractivity contribution in [3.63, 3.8) is 0 Å². The molecule has 0 saturated heterocycles. The van der Waals surface area contributed by atoms with Crippen LogP contribution in [0.2, 0.25) is 0 Å². The molecule has 1 aromatic carbocycles. The molecule has 2 heterocycles. The minimum absolute atomic E-state index is 0.145. The Kier molecular flexibility index (Phi) is 5.00. The van der Waals surface area contributed by atoms with Crippen LogP contribution in [-0.2, 0) is 6.42 Å². The van der Waals surface area contributed by atoms with Gasteiger partial charge in [0.2, 0.25) is 0 Å². The van der Waals surface area contributed by atoms with E-state index in [1.807, 2.05) is 24.3 Å². The summed E-state index contributed by atoms with van der Waals surface area (Å²) in [7, 11) is 1.62. The Hall–Kier alpha value is -2.45. The van der Waals surface area contributed by atoms with Gasteiger partial charge >= 0.3 is 0 Å². The number of aromatic amines is 1. The Labute approximate surface area is 151 Å². The SMILES string of the molecule is COc1ccc(CCSc2sc3c(O)cc(=O)[nH]c3c2C(N)=O)cc1. The van der Waals surface area contributed by atoms with Crippen LogP contribution in [0.25, 0.3) is 10.2 Å². The van der Waals surface area contributed by atoms with Crippen LogP contribution < -0.4 is 16.0 Å². The molecule has 25 heavy (non-hydrogen) atoms. The maximum absolute atomic E-state index is 11.8. The number of hydrogen-bond donors (Lipinski definition) is 3. The predicted octanol–water partition coefficient (Wildman–Crippen LogP) is 2.74. The summed E-state index contributed by atoms with van der Waals surface area (Å²) in [5.41, 5.74) is 6.71. The number of carbonyl (C=O) groups is 1. The van der Waals surface area contributed by atoms with Crippen LogP contribution in [0, 0.1) is 0 Å². The second-order valence-corrected chi connectivity index (χ2v) is 7.68. The average Bonchev–Trinajstić information content (AvgIpc) is 2.94. The van der Waals surface area contributed by atoms with Crippen molar-refractivity contribution in [3.05, 3.63) is 51.8 Å². The number of nitrogens with one attached hydrogen (secondary N) is 1. The van der Waals surface area contributed by atoms with Gasteiger partial charge in [0.15, 0.2) is 0 Å². The van der Waals surface area contributed by atoms with Crippen molar-refractivity contribution in [1.29, 1.82) is 0 Å². The number of benzene rings is 1. The summed E-state index contributed by atoms with van der Waals surface area (Å²) in [5.74, 6) is 0.758. The van der Waals surface area contributed by atoms with Gasteiger partial charge in [-0.15, -0.1) is 23.1 Å². The molecule has 0 atom stereocenters. The number of thiophene rings is 1. The van der Waals surface area contributed by atoms with Gasteiger partial charge in [-0.05, 0) is 24.1 Å². The van der Waals surface area contributed by atoms with Gasteiger partial charge in [-0.1, -0.05) is 12.1 Å². The minimum atomic E-state index is -0.626. The van der Waals surface area contributed by atoms with Crippen LogP contribution in [0.15, 0.2) is 39.3 Å². The van der Waals surface area contributed by atoms with Crippen LogP contribution in [0.5, 0.6) is 11.5 Å². The number of fused-ring (bicyclic) bond motifs is 1. The second-order valence-electron chi connectivity index (χ2n) is 5.30. The first-order chi connectivity index (χ1) is 12.0. The standard InChI is InChI=1S/C17H16N2O4S2/c1-23-10-4-2-9(3-5-10)6-7-24-17-13(16(18)22)14-15(25-17)11(20)8-12(21)19-14/h2-5,8H,6-7H2,1H3,(H2,18,22)(H2,19,20,21). The lowest BCUT2D eigenvalue weighted by Crippen LogP contribution is -2.13. The molecule has 0 saturated carbocycles. The number of aromatic hydroxyl groups is 1. The molecule has 0 fully saturated rings. The molecular weight excluding hydrogens is 360 g/mol. The molecule has 3 rings (SSSR count). The lowest BCUT2D eigenvalue weighted by molar-refractivity contribution is 0.0999. The van der Waals surface area contributed by atoms with Crippen molar-refractivity contribution >= 4 is 39.2 Å². The van der Waals surface area contributed by atoms with Crippen molar-refractivity contribution < 1.29 is 14.6 Å². The maximum atomic E-state index is 11.8. The zero-order valence-electron chi connectivity index (χ0n) is 13.4. The van der Waals surface area contributed by atoms with Gasteiger partial charge in [0.25, 0.3) is 11.5 Å². The zero-order valence-corrected chi connectivity index (χ0v) is 15.0. The van der Waals surface area contributed by atoms with Crippen LogP contribution in [-0.4, -0.2) is 28.9 Å². The second kappa shape index (κ2) is 7.20. The van der Waals surface area contributed by atoms with Crippen LogP contribution in [0.1, 0.15) is 15.9 Å². The molecule has 1 amide bonds. The van der Waals surface area contributed by atoms with E-state index in [1.54, 1.807) is 7.11 Å². The molecule has 8 heteroatoms. The molecule has 0 radical (unpaired) electrons. The predicted molar refractivity (Wildman–Crippen MR) is 100 cm³/mol. The molecule has 0 aliphatic heterocycles. The number of hydrogen-bond acceptors (Lipinski definition) is 6. The fourth-order valence-electron chi connectivity index (χ4n) is 2.44. The third-order valence-electron chi connectivity index (χ3n) is 3.65. The Balaban J connectivity index is 1.83. The van der Waals surface area contributed by atoms with Gasteiger partial charge in [-0.25, -0.2) is 0 Å². The van der Waals surface area contributed by atoms with Crippen LogP contribution in [0.4, 0.5) is 0 Å². The lowest BCUT2D eigenvalue weighted by atomic mass is 10.2. The molecule has 0 spiro atoms. The summed E-state index contributed by atoms with van der Waals surface area (Å²) in [6, 6.07) is 8.87. The number of thioether (sulfide) groups is 1. The number of aromatic nitrogens is 1. The van der Waals surface area contributed by atoms with Gasteiger partial charge in [0.1, 0.15) is 11.5 Å². The summed E-state index contributed by atoms with van der Waals surface area (Å²) < 4.78 is 6.28. The first-order valence-corrected chi connectivity index (χ1v) is 9.24. The van der Waals surface area contributed by atoms with E-state index >= 15 is 0 Å². The quantitative estimate of drug-likeness (QED) is 0.574. The Morgan fingerprint density at radius 3 is 2.72 bits per heavy atom. The molecule has 0 unspecified atom stereocenters. The molecule has 2 aromatic heterocycles. The fraction of sp³-hybridized carbons (Fsp3) is 0.176. The molecule has 3 aromatic rings. The van der Waals surface area contributed by atoms with Crippen LogP contribution >= 0.6 is 23.1 Å². The van der Waals surface area contributed by atoms with Gasteiger partial charge in [-0.2, -0.15) is 0 Å². The molecule has 0 aliphatic carbocycles. The highest BCUT2D eigenvalue weighted by Gasteiger charge is 2.20. The number of aryl methyl sites for hydroxylation is 1. The molecule has 130 valence electrons. The Morgan fingerprint density at radius 1 is 1.36 bits per heavy atom. The summed E-state index contributed by atoms with van der Waals surface area (Å²) in [4.78, 5) is 26.0. The summed E-state index contributed by atoms with van der Waals surface area (Å²) >= 11 is 2.72. The minimum Gasteiger partial charge on any atom is -0.506 e.